The molecule has 1 aromatic heterocycles. The highest BCUT2D eigenvalue weighted by Crippen LogP contribution is 2.37. The van der Waals surface area contributed by atoms with Gasteiger partial charge in [-0.1, -0.05) is 25.3 Å². The van der Waals surface area contributed by atoms with Crippen LogP contribution >= 0.6 is 0 Å². The summed E-state index contributed by atoms with van der Waals surface area (Å²) >= 11 is 0. The van der Waals surface area contributed by atoms with E-state index in [-0.39, 0.29) is 5.91 Å². The largest absolute Gasteiger partial charge is 0.339 e. The van der Waals surface area contributed by atoms with E-state index in [1.54, 1.807) is 6.20 Å². The molecule has 0 aromatic carbocycles. The average molecular weight is 326 g/mol. The summed E-state index contributed by atoms with van der Waals surface area (Å²) in [5, 5.41) is 9.62. The molecule has 1 amide bonds. The van der Waals surface area contributed by atoms with Crippen LogP contribution < -0.4 is 0 Å². The second-order valence-electron chi connectivity index (χ2n) is 7.05. The third kappa shape index (κ3) is 3.29. The minimum absolute atomic E-state index is 0.0679. The minimum Gasteiger partial charge on any atom is -0.339 e. The van der Waals surface area contributed by atoms with Gasteiger partial charge in [-0.3, -0.25) is 14.7 Å². The zero-order chi connectivity index (χ0) is 17.0. The van der Waals surface area contributed by atoms with Crippen molar-refractivity contribution in [1.82, 2.24) is 14.8 Å². The molecule has 1 aromatic rings. The maximum Gasteiger partial charge on any atom is 0.243 e. The third-order valence-electron chi connectivity index (χ3n) is 5.65. The summed E-state index contributed by atoms with van der Waals surface area (Å²) in [7, 11) is 0. The van der Waals surface area contributed by atoms with E-state index >= 15 is 0 Å². The van der Waals surface area contributed by atoms with E-state index in [0.717, 1.165) is 45.2 Å². The molecule has 1 saturated heterocycles. The Bertz CT molecular complexity index is 596. The van der Waals surface area contributed by atoms with Crippen LogP contribution in [0, 0.1) is 16.7 Å². The van der Waals surface area contributed by atoms with Gasteiger partial charge < -0.3 is 4.90 Å². The van der Waals surface area contributed by atoms with Crippen LogP contribution in [0.5, 0.6) is 0 Å². The van der Waals surface area contributed by atoms with Crippen molar-refractivity contribution in [2.24, 2.45) is 5.41 Å². The number of rotatable bonds is 3. The molecule has 128 valence electrons. The zero-order valence-electron chi connectivity index (χ0n) is 14.4. The fourth-order valence-electron chi connectivity index (χ4n) is 3.98. The molecular formula is C19H26N4O. The van der Waals surface area contributed by atoms with Gasteiger partial charge in [-0.25, -0.2) is 0 Å². The van der Waals surface area contributed by atoms with Gasteiger partial charge in [0.05, 0.1) is 6.07 Å². The van der Waals surface area contributed by atoms with Crippen molar-refractivity contribution in [1.29, 1.82) is 5.26 Å². The number of piperazine rings is 1. The lowest BCUT2D eigenvalue weighted by Crippen LogP contribution is -2.53. The summed E-state index contributed by atoms with van der Waals surface area (Å²) in [5.74, 6) is 0.0679. The first-order valence-electron chi connectivity index (χ1n) is 9.01. The number of hydrogen-bond acceptors (Lipinski definition) is 4. The molecule has 2 fully saturated rings. The quantitative estimate of drug-likeness (QED) is 0.857. The van der Waals surface area contributed by atoms with E-state index in [1.165, 1.54) is 5.56 Å². The molecule has 5 nitrogen and oxygen atoms in total. The van der Waals surface area contributed by atoms with Crippen LogP contribution in [0.4, 0.5) is 0 Å². The summed E-state index contributed by atoms with van der Waals surface area (Å²) in [5.41, 5.74) is 0.452. The van der Waals surface area contributed by atoms with Crippen molar-refractivity contribution >= 4 is 5.91 Å². The highest BCUT2D eigenvalue weighted by Gasteiger charge is 2.43. The smallest absolute Gasteiger partial charge is 0.243 e. The first-order chi connectivity index (χ1) is 11.7. The predicted molar refractivity (Wildman–Crippen MR) is 91.9 cm³/mol. The van der Waals surface area contributed by atoms with E-state index in [1.807, 2.05) is 17.2 Å². The first-order valence-corrected chi connectivity index (χ1v) is 9.01. The van der Waals surface area contributed by atoms with Crippen molar-refractivity contribution < 1.29 is 4.79 Å². The Labute approximate surface area is 144 Å². The van der Waals surface area contributed by atoms with E-state index in [4.69, 9.17) is 0 Å². The summed E-state index contributed by atoms with van der Waals surface area (Å²) in [4.78, 5) is 21.4. The van der Waals surface area contributed by atoms with Gasteiger partial charge in [0.2, 0.25) is 5.91 Å². The van der Waals surface area contributed by atoms with Gasteiger partial charge in [0.15, 0.2) is 0 Å². The molecule has 0 unspecified atom stereocenters. The molecule has 0 radical (unpaired) electrons. The van der Waals surface area contributed by atoms with Crippen LogP contribution in [-0.4, -0.2) is 46.9 Å². The molecule has 1 saturated carbocycles. The van der Waals surface area contributed by atoms with Crippen LogP contribution in [0.15, 0.2) is 24.5 Å². The molecular weight excluding hydrogens is 300 g/mol. The molecule has 1 aliphatic carbocycles. The van der Waals surface area contributed by atoms with Crippen molar-refractivity contribution in [3.05, 3.63) is 30.1 Å². The van der Waals surface area contributed by atoms with Gasteiger partial charge >= 0.3 is 0 Å². The van der Waals surface area contributed by atoms with Crippen molar-refractivity contribution in [2.45, 2.75) is 45.1 Å². The Hall–Kier alpha value is -1.93. The van der Waals surface area contributed by atoms with E-state index in [0.29, 0.717) is 19.1 Å². The number of nitriles is 1. The number of carbonyl (C=O) groups is 1. The van der Waals surface area contributed by atoms with Gasteiger partial charge in [0, 0.05) is 44.6 Å². The summed E-state index contributed by atoms with van der Waals surface area (Å²) in [6, 6.07) is 6.73. The molecule has 2 heterocycles. The number of nitrogens with zero attached hydrogens (tertiary/aromatic N) is 4. The number of pyridine rings is 1. The van der Waals surface area contributed by atoms with Gasteiger partial charge in [0.1, 0.15) is 5.41 Å². The highest BCUT2D eigenvalue weighted by molar-refractivity contribution is 5.85. The van der Waals surface area contributed by atoms with Gasteiger partial charge in [-0.2, -0.15) is 5.26 Å². The number of amides is 1. The van der Waals surface area contributed by atoms with Crippen molar-refractivity contribution in [3.8, 4) is 6.07 Å². The maximum absolute atomic E-state index is 12.9. The summed E-state index contributed by atoms with van der Waals surface area (Å²) < 4.78 is 0. The molecule has 0 spiro atoms. The lowest BCUT2D eigenvalue weighted by molar-refractivity contribution is -0.142. The Balaban J connectivity index is 1.60. The lowest BCUT2D eigenvalue weighted by atomic mass is 9.74. The molecule has 3 rings (SSSR count). The number of aromatic nitrogens is 1. The van der Waals surface area contributed by atoms with Crippen LogP contribution in [0.3, 0.4) is 0 Å². The SMILES string of the molecule is C[C@@H](c1cccnc1)N1CCN(C(=O)C2(C#N)CCCCC2)CC1. The zero-order valence-corrected chi connectivity index (χ0v) is 14.4. The molecule has 0 N–H and O–H groups in total. The van der Waals surface area contributed by atoms with Gasteiger partial charge in [0.25, 0.3) is 0 Å². The molecule has 1 atom stereocenters. The summed E-state index contributed by atoms with van der Waals surface area (Å²) in [6.07, 6.45) is 8.30. The normalized spacial score (nSPS) is 22.6. The predicted octanol–water partition coefficient (Wildman–Crippen LogP) is 2.76. The maximum atomic E-state index is 12.9. The minimum atomic E-state index is -0.755. The standard InChI is InChI=1S/C19H26N4O/c1-16(17-6-5-9-21-14-17)22-10-12-23(13-11-22)18(24)19(15-20)7-3-2-4-8-19/h5-6,9,14,16H,2-4,7-8,10-13H2,1H3/t16-/m0/s1. The first kappa shape index (κ1) is 16.9. The van der Waals surface area contributed by atoms with Crippen molar-refractivity contribution in [2.75, 3.05) is 26.2 Å². The average Bonchev–Trinajstić information content (AvgIpc) is 2.68. The highest BCUT2D eigenvalue weighted by atomic mass is 16.2. The van der Waals surface area contributed by atoms with Crippen LogP contribution in [0.1, 0.15) is 50.6 Å². The Morgan fingerprint density at radius 2 is 1.96 bits per heavy atom. The number of hydrogen-bond donors (Lipinski definition) is 0. The molecule has 24 heavy (non-hydrogen) atoms. The third-order valence-corrected chi connectivity index (χ3v) is 5.65. The molecule has 0 bridgehead atoms. The van der Waals surface area contributed by atoms with Crippen LogP contribution in [0.25, 0.3) is 0 Å². The summed E-state index contributed by atoms with van der Waals surface area (Å²) in [6.45, 7) is 5.32. The Morgan fingerprint density at radius 3 is 2.54 bits per heavy atom. The Morgan fingerprint density at radius 1 is 1.25 bits per heavy atom. The molecule has 2 aliphatic rings. The molecule has 1 aliphatic heterocycles. The number of carbonyl (C=O) groups excluding carboxylic acids is 1. The topological polar surface area (TPSA) is 60.2 Å². The Kier molecular flexibility index (Phi) is 5.15. The molecule has 5 heteroatoms. The van der Waals surface area contributed by atoms with E-state index in [9.17, 15) is 10.1 Å². The lowest BCUT2D eigenvalue weighted by Gasteiger charge is -2.41. The fraction of sp³-hybridized carbons (Fsp3) is 0.632. The van der Waals surface area contributed by atoms with E-state index < -0.39 is 5.41 Å². The van der Waals surface area contributed by atoms with Crippen molar-refractivity contribution in [3.63, 3.8) is 0 Å². The van der Waals surface area contributed by atoms with Crippen LogP contribution in [-0.2, 0) is 4.79 Å². The van der Waals surface area contributed by atoms with Gasteiger partial charge in [-0.05, 0) is 31.4 Å². The van der Waals surface area contributed by atoms with Gasteiger partial charge in [-0.15, -0.1) is 0 Å². The second kappa shape index (κ2) is 7.31. The second-order valence-corrected chi connectivity index (χ2v) is 7.05. The van der Waals surface area contributed by atoms with Crippen LogP contribution in [0.2, 0.25) is 0 Å². The monoisotopic (exact) mass is 326 g/mol. The van der Waals surface area contributed by atoms with E-state index in [2.05, 4.69) is 28.9 Å². The fourth-order valence-corrected chi connectivity index (χ4v) is 3.98.